The molecule has 0 radical (unpaired) electrons. The maximum absolute atomic E-state index is 12.9. The van der Waals surface area contributed by atoms with Gasteiger partial charge in [-0.2, -0.15) is 0 Å². The van der Waals surface area contributed by atoms with E-state index in [2.05, 4.69) is 10.3 Å². The number of ether oxygens (including phenoxy) is 1. The van der Waals surface area contributed by atoms with E-state index in [1.165, 1.54) is 7.11 Å². The first kappa shape index (κ1) is 20.1. The molecule has 2 aromatic carbocycles. The van der Waals surface area contributed by atoms with Gasteiger partial charge in [0.05, 0.1) is 7.11 Å². The van der Waals surface area contributed by atoms with Gasteiger partial charge in [-0.25, -0.2) is 0 Å². The van der Waals surface area contributed by atoms with Crippen molar-refractivity contribution in [2.75, 3.05) is 12.4 Å². The first-order chi connectivity index (χ1) is 13.9. The van der Waals surface area contributed by atoms with Crippen LogP contribution in [0.3, 0.4) is 0 Å². The number of para-hydroxylation sites is 1. The molecular formula is C22H23N3O4. The maximum Gasteiger partial charge on any atom is 0.409 e. The van der Waals surface area contributed by atoms with Crippen LogP contribution in [0.5, 0.6) is 5.88 Å². The summed E-state index contributed by atoms with van der Waals surface area (Å²) < 4.78 is 5.55. The zero-order valence-corrected chi connectivity index (χ0v) is 16.6. The van der Waals surface area contributed by atoms with E-state index in [0.29, 0.717) is 10.4 Å². The van der Waals surface area contributed by atoms with E-state index < -0.39 is 11.5 Å². The molecule has 0 spiro atoms. The molecule has 0 fully saturated rings. The van der Waals surface area contributed by atoms with Crippen LogP contribution in [0.4, 0.5) is 5.69 Å². The number of nitrogens with one attached hydrogen (secondary N) is 2. The van der Waals surface area contributed by atoms with Gasteiger partial charge in [0.1, 0.15) is 0 Å². The van der Waals surface area contributed by atoms with Crippen molar-refractivity contribution in [2.45, 2.75) is 20.3 Å². The van der Waals surface area contributed by atoms with Gasteiger partial charge in [0.25, 0.3) is 11.6 Å². The number of benzene rings is 2. The van der Waals surface area contributed by atoms with Gasteiger partial charge in [-0.1, -0.05) is 62.4 Å². The van der Waals surface area contributed by atoms with Gasteiger partial charge in [0.2, 0.25) is 5.69 Å². The van der Waals surface area contributed by atoms with Gasteiger partial charge in [-0.05, 0) is 17.5 Å². The molecule has 0 aliphatic carbocycles. The highest BCUT2D eigenvalue weighted by Gasteiger charge is 2.28. The standard InChI is InChI=1S/C22H23N3O4/c1-14(2)13-18-20(26)24-19(22(29-3)25(18)28)21(27)23-17-12-8-7-11-16(17)15-9-5-4-6-10-15/h4-12,14H,13H2,1-3H3,(H,23,27)(H,24,26). The Morgan fingerprint density at radius 2 is 1.79 bits per heavy atom. The lowest BCUT2D eigenvalue weighted by molar-refractivity contribution is -0.622. The first-order valence-corrected chi connectivity index (χ1v) is 9.30. The zero-order chi connectivity index (χ0) is 21.0. The molecular weight excluding hydrogens is 370 g/mol. The number of hydrogen-bond acceptors (Lipinski definition) is 4. The molecule has 0 unspecified atom stereocenters. The van der Waals surface area contributed by atoms with Crippen LogP contribution in [-0.2, 0) is 6.42 Å². The van der Waals surface area contributed by atoms with Crippen LogP contribution < -0.4 is 20.3 Å². The lowest BCUT2D eigenvalue weighted by Crippen LogP contribution is -2.44. The Labute approximate surface area is 168 Å². The number of H-pyrrole nitrogens is 1. The predicted molar refractivity (Wildman–Crippen MR) is 111 cm³/mol. The highest BCUT2D eigenvalue weighted by molar-refractivity contribution is 6.06. The average Bonchev–Trinajstić information content (AvgIpc) is 2.71. The van der Waals surface area contributed by atoms with E-state index in [-0.39, 0.29) is 29.6 Å². The normalized spacial score (nSPS) is 10.8. The number of carbonyl (C=O) groups is 1. The molecule has 3 rings (SSSR count). The minimum absolute atomic E-state index is 0.0121. The number of carbonyl (C=O) groups excluding carboxylic acids is 1. The monoisotopic (exact) mass is 393 g/mol. The third kappa shape index (κ3) is 4.29. The van der Waals surface area contributed by atoms with Crippen LogP contribution in [0.2, 0.25) is 0 Å². The number of amides is 1. The summed E-state index contributed by atoms with van der Waals surface area (Å²) in [5.74, 6) is -0.781. The Morgan fingerprint density at radius 1 is 1.14 bits per heavy atom. The smallest absolute Gasteiger partial charge is 0.409 e. The minimum atomic E-state index is -0.636. The van der Waals surface area contributed by atoms with E-state index in [1.54, 1.807) is 12.1 Å². The lowest BCUT2D eigenvalue weighted by atomic mass is 10.0. The summed E-state index contributed by atoms with van der Waals surface area (Å²) in [6.07, 6.45) is 0.272. The van der Waals surface area contributed by atoms with Gasteiger partial charge in [-0.15, -0.1) is 4.73 Å². The van der Waals surface area contributed by atoms with Crippen molar-refractivity contribution >= 4 is 11.6 Å². The molecule has 1 aromatic heterocycles. The van der Waals surface area contributed by atoms with Crippen LogP contribution in [0.1, 0.15) is 30.0 Å². The van der Waals surface area contributed by atoms with Crippen LogP contribution >= 0.6 is 0 Å². The highest BCUT2D eigenvalue weighted by atomic mass is 16.5. The summed E-state index contributed by atoms with van der Waals surface area (Å²) >= 11 is 0. The molecule has 150 valence electrons. The number of nitrogens with zero attached hydrogens (tertiary/aromatic N) is 1. The van der Waals surface area contributed by atoms with Crippen molar-refractivity contribution in [3.63, 3.8) is 0 Å². The molecule has 0 saturated carbocycles. The number of rotatable bonds is 6. The maximum atomic E-state index is 12.9. The van der Waals surface area contributed by atoms with Gasteiger partial charge >= 0.3 is 11.4 Å². The van der Waals surface area contributed by atoms with Crippen LogP contribution in [0.15, 0.2) is 59.4 Å². The van der Waals surface area contributed by atoms with E-state index in [0.717, 1.165) is 11.1 Å². The molecule has 3 aromatic rings. The highest BCUT2D eigenvalue weighted by Crippen LogP contribution is 2.28. The van der Waals surface area contributed by atoms with E-state index in [1.807, 2.05) is 56.3 Å². The Balaban J connectivity index is 2.00. The minimum Gasteiger partial charge on any atom is -0.616 e. The van der Waals surface area contributed by atoms with Gasteiger partial charge in [0, 0.05) is 17.7 Å². The van der Waals surface area contributed by atoms with Crippen LogP contribution in [0.25, 0.3) is 11.1 Å². The second-order valence-electron chi connectivity index (χ2n) is 7.04. The molecule has 29 heavy (non-hydrogen) atoms. The van der Waals surface area contributed by atoms with Crippen molar-refractivity contribution in [1.29, 1.82) is 0 Å². The summed E-state index contributed by atoms with van der Waals surface area (Å²) in [7, 11) is 1.29. The molecule has 7 nitrogen and oxygen atoms in total. The third-order valence-corrected chi connectivity index (χ3v) is 4.43. The Kier molecular flexibility index (Phi) is 5.97. The van der Waals surface area contributed by atoms with Crippen molar-refractivity contribution in [3.05, 3.63) is 81.5 Å². The Hall–Kier alpha value is -3.61. The number of anilines is 1. The van der Waals surface area contributed by atoms with Crippen LogP contribution in [-0.4, -0.2) is 18.0 Å². The molecule has 2 N–H and O–H groups in total. The fraction of sp³-hybridized carbons (Fsp3) is 0.227. The molecule has 1 heterocycles. The Bertz CT molecular complexity index is 1080. The van der Waals surface area contributed by atoms with Gasteiger partial charge in [-0.3, -0.25) is 9.59 Å². The fourth-order valence-electron chi connectivity index (χ4n) is 3.10. The average molecular weight is 393 g/mol. The second-order valence-corrected chi connectivity index (χ2v) is 7.04. The van der Waals surface area contributed by atoms with Crippen LogP contribution in [0, 0.1) is 11.1 Å². The molecule has 0 atom stereocenters. The summed E-state index contributed by atoms with van der Waals surface area (Å²) in [4.78, 5) is 27.8. The van der Waals surface area contributed by atoms with Gasteiger partial charge in [0.15, 0.2) is 0 Å². The summed E-state index contributed by atoms with van der Waals surface area (Å²) in [6, 6.07) is 16.9. The molecule has 0 aliphatic heterocycles. The van der Waals surface area contributed by atoms with E-state index in [9.17, 15) is 14.8 Å². The second kappa shape index (κ2) is 8.60. The summed E-state index contributed by atoms with van der Waals surface area (Å²) in [6.45, 7) is 3.79. The molecule has 0 bridgehead atoms. The van der Waals surface area contributed by atoms with Gasteiger partial charge < -0.3 is 20.2 Å². The SMILES string of the molecule is COc1c(C(=O)Nc2ccccc2-c2ccccc2)[nH]c(=O)c(CC(C)C)[n+]1[O-]. The summed E-state index contributed by atoms with van der Waals surface area (Å²) in [5.41, 5.74) is 1.48. The molecule has 7 heteroatoms. The van der Waals surface area contributed by atoms with Crippen molar-refractivity contribution in [1.82, 2.24) is 4.98 Å². The Morgan fingerprint density at radius 3 is 2.45 bits per heavy atom. The quantitative estimate of drug-likeness (QED) is 0.496. The third-order valence-electron chi connectivity index (χ3n) is 4.43. The van der Waals surface area contributed by atoms with E-state index >= 15 is 0 Å². The molecule has 1 amide bonds. The number of hydrogen-bond donors (Lipinski definition) is 2. The van der Waals surface area contributed by atoms with Crippen molar-refractivity contribution in [2.24, 2.45) is 5.92 Å². The van der Waals surface area contributed by atoms with E-state index in [4.69, 9.17) is 4.74 Å². The predicted octanol–water partition coefficient (Wildman–Crippen LogP) is 3.13. The molecule has 0 saturated heterocycles. The largest absolute Gasteiger partial charge is 0.616 e. The lowest BCUT2D eigenvalue weighted by Gasteiger charge is -2.14. The first-order valence-electron chi connectivity index (χ1n) is 9.30. The number of aromatic amines is 1. The zero-order valence-electron chi connectivity index (χ0n) is 16.6. The molecule has 0 aliphatic rings. The topological polar surface area (TPSA) is 98.1 Å². The van der Waals surface area contributed by atoms with Crippen molar-refractivity contribution < 1.29 is 14.3 Å². The fourth-order valence-corrected chi connectivity index (χ4v) is 3.10. The van der Waals surface area contributed by atoms with Crippen molar-refractivity contribution in [3.8, 4) is 17.0 Å². The number of methoxy groups -OCH3 is 1. The number of aromatic nitrogens is 2. The summed E-state index contributed by atoms with van der Waals surface area (Å²) in [5, 5.41) is 15.4.